The van der Waals surface area contributed by atoms with E-state index in [1.807, 2.05) is 53.1 Å². The normalized spacial score (nSPS) is 14.1. The fraction of sp³-hybridized carbons (Fsp3) is 0.375. The first-order valence-electron chi connectivity index (χ1n) is 10.6. The molecule has 0 unspecified atom stereocenters. The first-order chi connectivity index (χ1) is 15.1. The van der Waals surface area contributed by atoms with Crippen molar-refractivity contribution in [2.45, 2.75) is 43.4 Å². The lowest BCUT2D eigenvalue weighted by atomic mass is 10.2. The molecule has 1 aliphatic rings. The van der Waals surface area contributed by atoms with E-state index in [9.17, 15) is 9.59 Å². The van der Waals surface area contributed by atoms with E-state index in [2.05, 4.69) is 0 Å². The van der Waals surface area contributed by atoms with Crippen molar-refractivity contribution in [2.24, 2.45) is 0 Å². The van der Waals surface area contributed by atoms with E-state index in [1.165, 1.54) is 11.8 Å². The third kappa shape index (κ3) is 4.77. The van der Waals surface area contributed by atoms with Crippen LogP contribution in [0.25, 0.3) is 10.9 Å². The van der Waals surface area contributed by atoms with Crippen LogP contribution in [0.3, 0.4) is 0 Å². The molecular formula is C24H27N3O3S. The number of nitrogens with zero attached hydrogens (tertiary/aromatic N) is 3. The number of hydrogen-bond acceptors (Lipinski definition) is 5. The zero-order chi connectivity index (χ0) is 21.8. The van der Waals surface area contributed by atoms with E-state index in [-0.39, 0.29) is 23.3 Å². The van der Waals surface area contributed by atoms with Crippen molar-refractivity contribution >= 4 is 28.6 Å². The molecule has 31 heavy (non-hydrogen) atoms. The van der Waals surface area contributed by atoms with E-state index in [4.69, 9.17) is 9.72 Å². The van der Waals surface area contributed by atoms with Gasteiger partial charge >= 0.3 is 0 Å². The van der Waals surface area contributed by atoms with E-state index in [0.29, 0.717) is 22.6 Å². The highest BCUT2D eigenvalue weighted by Gasteiger charge is 2.23. The van der Waals surface area contributed by atoms with Gasteiger partial charge in [0.1, 0.15) is 5.75 Å². The number of methoxy groups -OCH3 is 1. The molecule has 0 atom stereocenters. The van der Waals surface area contributed by atoms with Gasteiger partial charge in [-0.05, 0) is 42.7 Å². The highest BCUT2D eigenvalue weighted by Crippen LogP contribution is 2.32. The minimum absolute atomic E-state index is 0.00261. The van der Waals surface area contributed by atoms with Gasteiger partial charge in [-0.1, -0.05) is 48.9 Å². The van der Waals surface area contributed by atoms with Crippen molar-refractivity contribution < 1.29 is 9.53 Å². The second kappa shape index (κ2) is 9.56. The van der Waals surface area contributed by atoms with Crippen molar-refractivity contribution in [3.8, 4) is 5.75 Å². The lowest BCUT2D eigenvalue weighted by Crippen LogP contribution is -2.29. The zero-order valence-electron chi connectivity index (χ0n) is 17.9. The Morgan fingerprint density at radius 1 is 1.19 bits per heavy atom. The maximum Gasteiger partial charge on any atom is 0.262 e. The number of para-hydroxylation sites is 1. The molecule has 7 heteroatoms. The predicted octanol–water partition coefficient (Wildman–Crippen LogP) is 4.27. The van der Waals surface area contributed by atoms with Crippen molar-refractivity contribution in [3.05, 3.63) is 64.4 Å². The average molecular weight is 438 g/mol. The summed E-state index contributed by atoms with van der Waals surface area (Å²) in [5.74, 6) is 1.000. The molecule has 1 saturated carbocycles. The van der Waals surface area contributed by atoms with E-state index < -0.39 is 0 Å². The van der Waals surface area contributed by atoms with Gasteiger partial charge < -0.3 is 9.64 Å². The summed E-state index contributed by atoms with van der Waals surface area (Å²) in [6.45, 7) is 0.497. The highest BCUT2D eigenvalue weighted by atomic mass is 32.2. The molecule has 4 rings (SSSR count). The number of aromatic nitrogens is 2. The SMILES string of the molecule is COc1cccc(CN(C)C(=O)CSc2nc3ccccc3c(=O)n2C2CCCC2)c1. The van der Waals surface area contributed by atoms with Gasteiger partial charge in [0.05, 0.1) is 23.8 Å². The van der Waals surface area contributed by atoms with Gasteiger partial charge in [-0.2, -0.15) is 0 Å². The van der Waals surface area contributed by atoms with Crippen LogP contribution in [0.4, 0.5) is 0 Å². The molecule has 0 saturated heterocycles. The lowest BCUT2D eigenvalue weighted by Gasteiger charge is -2.20. The van der Waals surface area contributed by atoms with Crippen LogP contribution in [-0.2, 0) is 11.3 Å². The molecule has 1 heterocycles. The monoisotopic (exact) mass is 437 g/mol. The van der Waals surface area contributed by atoms with Crippen LogP contribution in [0.15, 0.2) is 58.5 Å². The molecule has 1 aromatic heterocycles. The maximum absolute atomic E-state index is 13.2. The summed E-state index contributed by atoms with van der Waals surface area (Å²) in [5, 5.41) is 1.28. The fourth-order valence-corrected chi connectivity index (χ4v) is 5.09. The minimum atomic E-state index is -0.00630. The number of hydrogen-bond donors (Lipinski definition) is 0. The zero-order valence-corrected chi connectivity index (χ0v) is 18.7. The van der Waals surface area contributed by atoms with Crippen LogP contribution < -0.4 is 10.3 Å². The molecule has 2 aromatic carbocycles. The Kier molecular flexibility index (Phi) is 6.61. The number of ether oxygens (including phenoxy) is 1. The first kappa shape index (κ1) is 21.4. The molecule has 6 nitrogen and oxygen atoms in total. The standard InChI is InChI=1S/C24H27N3O3S/c1-26(15-17-8-7-11-19(14-17)30-2)22(28)16-31-24-25-21-13-6-5-12-20(21)23(29)27(24)18-9-3-4-10-18/h5-8,11-14,18H,3-4,9-10,15-16H2,1-2H3. The van der Waals surface area contributed by atoms with Gasteiger partial charge in [-0.3, -0.25) is 14.2 Å². The number of carbonyl (C=O) groups is 1. The molecule has 0 aliphatic heterocycles. The number of carbonyl (C=O) groups excluding carboxylic acids is 1. The Labute approximate surface area is 186 Å². The van der Waals surface area contributed by atoms with Crippen LogP contribution in [0.5, 0.6) is 5.75 Å². The number of fused-ring (bicyclic) bond motifs is 1. The van der Waals surface area contributed by atoms with E-state index in [0.717, 1.165) is 37.0 Å². The first-order valence-corrected chi connectivity index (χ1v) is 11.6. The topological polar surface area (TPSA) is 64.4 Å². The molecule has 162 valence electrons. The summed E-state index contributed by atoms with van der Waals surface area (Å²) in [6.07, 6.45) is 4.21. The summed E-state index contributed by atoms with van der Waals surface area (Å²) >= 11 is 1.35. The average Bonchev–Trinajstić information content (AvgIpc) is 3.32. The van der Waals surface area contributed by atoms with E-state index in [1.54, 1.807) is 19.1 Å². The van der Waals surface area contributed by atoms with Gasteiger partial charge in [0.15, 0.2) is 5.16 Å². The Bertz CT molecular complexity index is 1140. The molecule has 0 bridgehead atoms. The summed E-state index contributed by atoms with van der Waals surface area (Å²) in [6, 6.07) is 15.3. The van der Waals surface area contributed by atoms with Gasteiger partial charge in [-0.15, -0.1) is 0 Å². The number of amides is 1. The third-order valence-electron chi connectivity index (χ3n) is 5.77. The van der Waals surface area contributed by atoms with Gasteiger partial charge in [0, 0.05) is 19.6 Å². The summed E-state index contributed by atoms with van der Waals surface area (Å²) in [5.41, 5.74) is 1.69. The van der Waals surface area contributed by atoms with Crippen molar-refractivity contribution in [2.75, 3.05) is 19.9 Å². The van der Waals surface area contributed by atoms with Crippen LogP contribution in [-0.4, -0.2) is 40.3 Å². The van der Waals surface area contributed by atoms with Crippen LogP contribution in [0, 0.1) is 0 Å². The maximum atomic E-state index is 13.2. The van der Waals surface area contributed by atoms with Crippen molar-refractivity contribution in [1.82, 2.24) is 14.5 Å². The molecular weight excluding hydrogens is 410 g/mol. The molecule has 3 aromatic rings. The lowest BCUT2D eigenvalue weighted by molar-refractivity contribution is -0.127. The van der Waals surface area contributed by atoms with Gasteiger partial charge in [0.2, 0.25) is 5.91 Å². The summed E-state index contributed by atoms with van der Waals surface area (Å²) < 4.78 is 7.09. The van der Waals surface area contributed by atoms with Crippen molar-refractivity contribution in [3.63, 3.8) is 0 Å². The summed E-state index contributed by atoms with van der Waals surface area (Å²) in [4.78, 5) is 32.5. The molecule has 1 amide bonds. The predicted molar refractivity (Wildman–Crippen MR) is 124 cm³/mol. The molecule has 1 fully saturated rings. The van der Waals surface area contributed by atoms with Crippen molar-refractivity contribution in [1.29, 1.82) is 0 Å². The second-order valence-electron chi connectivity index (χ2n) is 7.91. The Morgan fingerprint density at radius 2 is 1.97 bits per heavy atom. The number of rotatable bonds is 7. The van der Waals surface area contributed by atoms with Gasteiger partial charge in [0.25, 0.3) is 5.56 Å². The molecule has 1 aliphatic carbocycles. The minimum Gasteiger partial charge on any atom is -0.497 e. The highest BCUT2D eigenvalue weighted by molar-refractivity contribution is 7.99. The van der Waals surface area contributed by atoms with Crippen LogP contribution >= 0.6 is 11.8 Å². The van der Waals surface area contributed by atoms with Gasteiger partial charge in [-0.25, -0.2) is 4.98 Å². The Morgan fingerprint density at radius 3 is 2.74 bits per heavy atom. The number of benzene rings is 2. The summed E-state index contributed by atoms with van der Waals surface area (Å²) in [7, 11) is 3.42. The largest absolute Gasteiger partial charge is 0.497 e. The Hall–Kier alpha value is -2.80. The quantitative estimate of drug-likeness (QED) is 0.408. The second-order valence-corrected chi connectivity index (χ2v) is 8.86. The molecule has 0 radical (unpaired) electrons. The number of thioether (sulfide) groups is 1. The smallest absolute Gasteiger partial charge is 0.262 e. The molecule has 0 spiro atoms. The third-order valence-corrected chi connectivity index (χ3v) is 6.71. The van der Waals surface area contributed by atoms with E-state index >= 15 is 0 Å². The van der Waals surface area contributed by atoms with Crippen LogP contribution in [0.1, 0.15) is 37.3 Å². The fourth-order valence-electron chi connectivity index (χ4n) is 4.08. The Balaban J connectivity index is 1.53. The molecule has 0 N–H and O–H groups in total. The van der Waals surface area contributed by atoms with Crippen LogP contribution in [0.2, 0.25) is 0 Å².